The minimum Gasteiger partial charge on any atom is -0.348 e. The predicted octanol–water partition coefficient (Wildman–Crippen LogP) is 2.09. The van der Waals surface area contributed by atoms with Gasteiger partial charge in [-0.25, -0.2) is 13.2 Å². The smallest absolute Gasteiger partial charge is 0.319 e. The predicted molar refractivity (Wildman–Crippen MR) is 99.6 cm³/mol. The molecule has 0 bridgehead atoms. The summed E-state index contributed by atoms with van der Waals surface area (Å²) in [4.78, 5) is 23.9. The first kappa shape index (κ1) is 19.5. The normalized spacial score (nSPS) is 12.1. The molecule has 3 N–H and O–H groups in total. The number of anilines is 1. The topological polar surface area (TPSA) is 104 Å². The zero-order valence-corrected chi connectivity index (χ0v) is 15.3. The van der Waals surface area contributed by atoms with Crippen LogP contribution in [-0.2, 0) is 14.6 Å². The molecule has 0 saturated heterocycles. The Labute approximate surface area is 152 Å². The van der Waals surface area contributed by atoms with Crippen LogP contribution < -0.4 is 16.0 Å². The van der Waals surface area contributed by atoms with E-state index in [1.54, 1.807) is 43.3 Å². The van der Waals surface area contributed by atoms with Gasteiger partial charge in [0.25, 0.3) is 0 Å². The minimum atomic E-state index is -3.25. The van der Waals surface area contributed by atoms with Crippen LogP contribution in [0.3, 0.4) is 0 Å². The fourth-order valence-electron chi connectivity index (χ4n) is 2.24. The summed E-state index contributed by atoms with van der Waals surface area (Å²) in [6, 6.07) is 14.4. The van der Waals surface area contributed by atoms with Gasteiger partial charge < -0.3 is 16.0 Å². The number of para-hydroxylation sites is 1. The highest BCUT2D eigenvalue weighted by Crippen LogP contribution is 2.16. The van der Waals surface area contributed by atoms with Gasteiger partial charge in [-0.05, 0) is 36.8 Å². The van der Waals surface area contributed by atoms with Crippen molar-refractivity contribution in [3.8, 4) is 0 Å². The number of rotatable bonds is 6. The highest BCUT2D eigenvalue weighted by Gasteiger charge is 2.12. The molecule has 1 atom stereocenters. The van der Waals surface area contributed by atoms with E-state index in [1.807, 2.05) is 6.07 Å². The number of amides is 3. The van der Waals surface area contributed by atoms with Gasteiger partial charge in [-0.15, -0.1) is 0 Å². The standard InChI is InChI=1S/C18H21N3O4S/c1-13(14-8-10-16(11-9-14)26(2,24)25)20-17(22)12-19-18(23)21-15-6-4-3-5-7-15/h3-11,13H,12H2,1-2H3,(H,20,22)(H2,19,21,23). The number of hydrogen-bond acceptors (Lipinski definition) is 4. The summed E-state index contributed by atoms with van der Waals surface area (Å²) in [5.74, 6) is -0.354. The van der Waals surface area contributed by atoms with Gasteiger partial charge in [-0.2, -0.15) is 0 Å². The third kappa shape index (κ3) is 5.89. The Morgan fingerprint density at radius 3 is 2.19 bits per heavy atom. The SMILES string of the molecule is CC(NC(=O)CNC(=O)Nc1ccccc1)c1ccc(S(C)(=O)=O)cc1. The molecule has 0 aromatic heterocycles. The Morgan fingerprint density at radius 2 is 1.62 bits per heavy atom. The van der Waals surface area contributed by atoms with E-state index in [0.29, 0.717) is 5.69 Å². The van der Waals surface area contributed by atoms with Gasteiger partial charge in [-0.1, -0.05) is 30.3 Å². The lowest BCUT2D eigenvalue weighted by Gasteiger charge is -2.15. The van der Waals surface area contributed by atoms with Crippen molar-refractivity contribution in [1.29, 1.82) is 0 Å². The molecule has 0 aliphatic carbocycles. The second-order valence-corrected chi connectivity index (χ2v) is 7.82. The average molecular weight is 375 g/mol. The van der Waals surface area contributed by atoms with Crippen LogP contribution in [0.25, 0.3) is 0 Å². The molecule has 1 unspecified atom stereocenters. The average Bonchev–Trinajstić information content (AvgIpc) is 2.60. The lowest BCUT2D eigenvalue weighted by atomic mass is 10.1. The van der Waals surface area contributed by atoms with Gasteiger partial charge in [0.15, 0.2) is 9.84 Å². The quantitative estimate of drug-likeness (QED) is 0.719. The van der Waals surface area contributed by atoms with Crippen LogP contribution >= 0.6 is 0 Å². The van der Waals surface area contributed by atoms with Crippen molar-refractivity contribution in [2.45, 2.75) is 17.9 Å². The first-order valence-corrected chi connectivity index (χ1v) is 9.84. The van der Waals surface area contributed by atoms with Crippen molar-refractivity contribution in [1.82, 2.24) is 10.6 Å². The van der Waals surface area contributed by atoms with Crippen LogP contribution in [-0.4, -0.2) is 33.2 Å². The number of carbonyl (C=O) groups is 2. The number of hydrogen-bond donors (Lipinski definition) is 3. The van der Waals surface area contributed by atoms with Crippen molar-refractivity contribution in [2.75, 3.05) is 18.1 Å². The highest BCUT2D eigenvalue weighted by molar-refractivity contribution is 7.90. The van der Waals surface area contributed by atoms with E-state index in [9.17, 15) is 18.0 Å². The van der Waals surface area contributed by atoms with Crippen LogP contribution in [0.5, 0.6) is 0 Å². The van der Waals surface area contributed by atoms with Crippen LogP contribution in [0.4, 0.5) is 10.5 Å². The zero-order chi connectivity index (χ0) is 19.2. The molecular weight excluding hydrogens is 354 g/mol. The maximum Gasteiger partial charge on any atom is 0.319 e. The van der Waals surface area contributed by atoms with Crippen molar-refractivity contribution in [2.24, 2.45) is 0 Å². The molecule has 0 heterocycles. The van der Waals surface area contributed by atoms with Crippen molar-refractivity contribution in [3.63, 3.8) is 0 Å². The molecular formula is C18H21N3O4S. The van der Waals surface area contributed by atoms with Crippen molar-refractivity contribution < 1.29 is 18.0 Å². The van der Waals surface area contributed by atoms with Crippen LogP contribution in [0.15, 0.2) is 59.5 Å². The molecule has 3 amide bonds. The summed E-state index contributed by atoms with van der Waals surface area (Å²) in [6.07, 6.45) is 1.14. The number of benzene rings is 2. The van der Waals surface area contributed by atoms with E-state index in [-0.39, 0.29) is 23.4 Å². The van der Waals surface area contributed by atoms with Gasteiger partial charge in [0.2, 0.25) is 5.91 Å². The number of nitrogens with one attached hydrogen (secondary N) is 3. The lowest BCUT2D eigenvalue weighted by Crippen LogP contribution is -2.39. The molecule has 0 aliphatic heterocycles. The molecule has 0 radical (unpaired) electrons. The molecule has 2 rings (SSSR count). The molecule has 0 fully saturated rings. The van der Waals surface area contributed by atoms with Crippen molar-refractivity contribution in [3.05, 3.63) is 60.2 Å². The summed E-state index contributed by atoms with van der Waals surface area (Å²) in [7, 11) is -3.25. The molecule has 2 aromatic carbocycles. The Morgan fingerprint density at radius 1 is 1.00 bits per heavy atom. The molecule has 0 saturated carbocycles. The van der Waals surface area contributed by atoms with E-state index < -0.39 is 15.9 Å². The third-order valence-electron chi connectivity index (χ3n) is 3.63. The van der Waals surface area contributed by atoms with E-state index >= 15 is 0 Å². The monoisotopic (exact) mass is 375 g/mol. The fourth-order valence-corrected chi connectivity index (χ4v) is 2.87. The van der Waals surface area contributed by atoms with E-state index in [2.05, 4.69) is 16.0 Å². The van der Waals surface area contributed by atoms with Crippen LogP contribution in [0.2, 0.25) is 0 Å². The van der Waals surface area contributed by atoms with Gasteiger partial charge in [0.05, 0.1) is 17.5 Å². The summed E-state index contributed by atoms with van der Waals surface area (Å²) in [5, 5.41) is 7.83. The van der Waals surface area contributed by atoms with Gasteiger partial charge in [0.1, 0.15) is 0 Å². The number of carbonyl (C=O) groups excluding carboxylic acids is 2. The molecule has 0 aliphatic rings. The summed E-state index contributed by atoms with van der Waals surface area (Å²) in [6.45, 7) is 1.60. The minimum absolute atomic E-state index is 0.176. The largest absolute Gasteiger partial charge is 0.348 e. The van der Waals surface area contributed by atoms with Crippen LogP contribution in [0, 0.1) is 0 Å². The fraction of sp³-hybridized carbons (Fsp3) is 0.222. The Bertz CT molecular complexity index is 865. The number of sulfone groups is 1. The second kappa shape index (κ2) is 8.48. The Hall–Kier alpha value is -2.87. The molecule has 2 aromatic rings. The zero-order valence-electron chi connectivity index (χ0n) is 14.5. The van der Waals surface area contributed by atoms with Gasteiger partial charge >= 0.3 is 6.03 Å². The van der Waals surface area contributed by atoms with E-state index in [1.165, 1.54) is 12.1 Å². The maximum absolute atomic E-state index is 12.0. The van der Waals surface area contributed by atoms with Gasteiger partial charge in [-0.3, -0.25) is 4.79 Å². The highest BCUT2D eigenvalue weighted by atomic mass is 32.2. The molecule has 0 spiro atoms. The van der Waals surface area contributed by atoms with E-state index in [0.717, 1.165) is 11.8 Å². The van der Waals surface area contributed by atoms with Crippen LogP contribution in [0.1, 0.15) is 18.5 Å². The third-order valence-corrected chi connectivity index (χ3v) is 4.76. The van der Waals surface area contributed by atoms with E-state index in [4.69, 9.17) is 0 Å². The van der Waals surface area contributed by atoms with Crippen molar-refractivity contribution >= 4 is 27.5 Å². The summed E-state index contributed by atoms with van der Waals surface area (Å²) >= 11 is 0. The summed E-state index contributed by atoms with van der Waals surface area (Å²) in [5.41, 5.74) is 1.39. The first-order valence-electron chi connectivity index (χ1n) is 7.95. The molecule has 7 nitrogen and oxygen atoms in total. The summed E-state index contributed by atoms with van der Waals surface area (Å²) < 4.78 is 22.9. The number of urea groups is 1. The Balaban J connectivity index is 1.82. The molecule has 26 heavy (non-hydrogen) atoms. The molecule has 8 heteroatoms. The Kier molecular flexibility index (Phi) is 6.35. The molecule has 138 valence electrons. The first-order chi connectivity index (χ1) is 12.3. The maximum atomic E-state index is 12.0. The van der Waals surface area contributed by atoms with Gasteiger partial charge in [0, 0.05) is 11.9 Å². The second-order valence-electron chi connectivity index (χ2n) is 5.80. The lowest BCUT2D eigenvalue weighted by molar-refractivity contribution is -0.120.